The third kappa shape index (κ3) is 1440. The summed E-state index contributed by atoms with van der Waals surface area (Å²) in [6.07, 6.45) is 0. The maximum Gasteiger partial charge on any atom is 0.0967 e. The fourth-order valence-electron chi connectivity index (χ4n) is 0. The van der Waals surface area contributed by atoms with Crippen LogP contribution in [0.5, 0.6) is 0 Å². The number of alkyl halides is 2. The van der Waals surface area contributed by atoms with Crippen LogP contribution in [0, 0.1) is 0 Å². The van der Waals surface area contributed by atoms with Gasteiger partial charge in [0.1, 0.15) is 0 Å². The molecule has 0 aromatic rings. The van der Waals surface area contributed by atoms with Crippen LogP contribution in [0.2, 0.25) is 0 Å². The van der Waals surface area contributed by atoms with Crippen LogP contribution in [0.4, 0.5) is 0 Å². The SMILES string of the molecule is CC(C)(C)O.ClCCl.O. The standard InChI is InChI=1S/C4H10O.CH2Cl2.H2O/c1-4(2,3)5;2-1-3;/h5H,1-3H3;1H2;1H2. The Kier molecular flexibility index (Phi) is 15.3. The monoisotopic (exact) mass is 176 g/mol. The highest BCUT2D eigenvalue weighted by atomic mass is 35.5. The van der Waals surface area contributed by atoms with E-state index >= 15 is 0 Å². The summed E-state index contributed by atoms with van der Waals surface area (Å²) in [6.45, 7) is 5.23. The van der Waals surface area contributed by atoms with E-state index in [2.05, 4.69) is 0 Å². The molecule has 2 nitrogen and oxygen atoms in total. The van der Waals surface area contributed by atoms with Crippen molar-refractivity contribution in [1.82, 2.24) is 0 Å². The Morgan fingerprint density at radius 3 is 1.22 bits per heavy atom. The molecular formula is C5H14Cl2O2. The van der Waals surface area contributed by atoms with Crippen molar-refractivity contribution >= 4 is 23.2 Å². The summed E-state index contributed by atoms with van der Waals surface area (Å²) >= 11 is 9.53. The lowest BCUT2D eigenvalue weighted by atomic mass is 10.2. The fourth-order valence-corrected chi connectivity index (χ4v) is 0. The third-order valence-electron chi connectivity index (χ3n) is 0. The summed E-state index contributed by atoms with van der Waals surface area (Å²) < 4.78 is 0. The van der Waals surface area contributed by atoms with Gasteiger partial charge in [-0.2, -0.15) is 0 Å². The maximum atomic E-state index is 8.52. The van der Waals surface area contributed by atoms with E-state index < -0.39 is 5.60 Å². The van der Waals surface area contributed by atoms with Crippen LogP contribution in [-0.2, 0) is 0 Å². The maximum absolute atomic E-state index is 8.52. The van der Waals surface area contributed by atoms with Gasteiger partial charge in [-0.3, -0.25) is 0 Å². The molecule has 60 valence electrons. The highest BCUT2D eigenvalue weighted by molar-refractivity contribution is 6.40. The molecule has 4 heteroatoms. The molecule has 0 spiro atoms. The van der Waals surface area contributed by atoms with Gasteiger partial charge in [0.2, 0.25) is 0 Å². The summed E-state index contributed by atoms with van der Waals surface area (Å²) in [4.78, 5) is 0. The number of hydrogen-bond acceptors (Lipinski definition) is 1. The molecule has 0 aliphatic heterocycles. The Balaban J connectivity index is -0.0000000800. The minimum Gasteiger partial charge on any atom is -0.412 e. The van der Waals surface area contributed by atoms with Crippen molar-refractivity contribution in [3.05, 3.63) is 0 Å². The molecule has 0 rings (SSSR count). The van der Waals surface area contributed by atoms with Crippen LogP contribution in [0.25, 0.3) is 0 Å². The second-order valence-electron chi connectivity index (χ2n) is 2.27. The van der Waals surface area contributed by atoms with Gasteiger partial charge < -0.3 is 10.6 Å². The second kappa shape index (κ2) is 8.50. The molecule has 0 unspecified atom stereocenters. The van der Waals surface area contributed by atoms with Crippen LogP contribution >= 0.6 is 23.2 Å². The molecule has 0 atom stereocenters. The molecule has 0 fully saturated rings. The number of halogens is 2. The minimum atomic E-state index is -0.500. The molecule has 0 saturated heterocycles. The average molecular weight is 177 g/mol. The van der Waals surface area contributed by atoms with E-state index in [0.29, 0.717) is 0 Å². The molecule has 0 aliphatic rings. The van der Waals surface area contributed by atoms with Crippen molar-refractivity contribution in [1.29, 1.82) is 0 Å². The number of hydrogen-bond donors (Lipinski definition) is 1. The first kappa shape index (κ1) is 16.2. The predicted molar refractivity (Wildman–Crippen MR) is 42.2 cm³/mol. The van der Waals surface area contributed by atoms with Gasteiger partial charge in [0, 0.05) is 0 Å². The average Bonchev–Trinajstić information content (AvgIpc) is 1.27. The molecular weight excluding hydrogens is 163 g/mol. The Morgan fingerprint density at radius 2 is 1.22 bits per heavy atom. The van der Waals surface area contributed by atoms with E-state index in [0.717, 1.165) is 0 Å². The van der Waals surface area contributed by atoms with Gasteiger partial charge in [-0.15, -0.1) is 23.2 Å². The van der Waals surface area contributed by atoms with Crippen molar-refractivity contribution in [3.8, 4) is 0 Å². The van der Waals surface area contributed by atoms with Crippen molar-refractivity contribution in [2.45, 2.75) is 26.4 Å². The normalized spacial score (nSPS) is 8.67. The van der Waals surface area contributed by atoms with Crippen LogP contribution in [0.1, 0.15) is 20.8 Å². The molecule has 3 N–H and O–H groups in total. The lowest BCUT2D eigenvalue weighted by molar-refractivity contribution is 0.102. The van der Waals surface area contributed by atoms with Crippen LogP contribution < -0.4 is 0 Å². The van der Waals surface area contributed by atoms with E-state index in [1.807, 2.05) is 0 Å². The Bertz CT molecular complexity index is 36.7. The highest BCUT2D eigenvalue weighted by Crippen LogP contribution is 1.93. The van der Waals surface area contributed by atoms with Gasteiger partial charge in [0.15, 0.2) is 0 Å². The molecule has 0 heterocycles. The summed E-state index contributed by atoms with van der Waals surface area (Å²) in [6, 6.07) is 0. The predicted octanol–water partition coefficient (Wildman–Crippen LogP) is 1.37. The first-order chi connectivity index (χ1) is 3.41. The number of aliphatic hydroxyl groups is 1. The molecule has 0 aliphatic carbocycles. The van der Waals surface area contributed by atoms with Crippen molar-refractivity contribution in [2.24, 2.45) is 0 Å². The first-order valence-corrected chi connectivity index (χ1v) is 3.33. The van der Waals surface area contributed by atoms with E-state index in [1.54, 1.807) is 20.8 Å². The molecule has 0 saturated carbocycles. The van der Waals surface area contributed by atoms with Gasteiger partial charge in [-0.25, -0.2) is 0 Å². The summed E-state index contributed by atoms with van der Waals surface area (Å²) in [5, 5.41) is 8.72. The summed E-state index contributed by atoms with van der Waals surface area (Å²) in [5.74, 6) is 0. The zero-order chi connectivity index (χ0) is 7.21. The number of rotatable bonds is 0. The van der Waals surface area contributed by atoms with Gasteiger partial charge in [0.25, 0.3) is 0 Å². The summed E-state index contributed by atoms with van der Waals surface area (Å²) in [5.41, 5.74) is -0.500. The van der Waals surface area contributed by atoms with Crippen molar-refractivity contribution in [3.63, 3.8) is 0 Å². The second-order valence-corrected chi connectivity index (χ2v) is 3.08. The van der Waals surface area contributed by atoms with Gasteiger partial charge >= 0.3 is 0 Å². The van der Waals surface area contributed by atoms with Crippen LogP contribution in [0.15, 0.2) is 0 Å². The summed E-state index contributed by atoms with van der Waals surface area (Å²) in [7, 11) is 0. The fraction of sp³-hybridized carbons (Fsp3) is 1.00. The van der Waals surface area contributed by atoms with E-state index in [1.165, 1.54) is 0 Å². The molecule has 9 heavy (non-hydrogen) atoms. The molecule has 0 radical (unpaired) electrons. The lowest BCUT2D eigenvalue weighted by Gasteiger charge is -2.04. The molecule has 0 aromatic heterocycles. The van der Waals surface area contributed by atoms with Gasteiger partial charge in [-0.05, 0) is 20.8 Å². The Hall–Kier alpha value is 0.500. The largest absolute Gasteiger partial charge is 0.412 e. The smallest absolute Gasteiger partial charge is 0.0967 e. The van der Waals surface area contributed by atoms with E-state index in [9.17, 15) is 0 Å². The lowest BCUT2D eigenvalue weighted by Crippen LogP contribution is -2.10. The Morgan fingerprint density at radius 1 is 1.22 bits per heavy atom. The first-order valence-electron chi connectivity index (χ1n) is 2.26. The molecule has 0 bridgehead atoms. The van der Waals surface area contributed by atoms with Crippen molar-refractivity contribution < 1.29 is 10.6 Å². The quantitative estimate of drug-likeness (QED) is 0.558. The highest BCUT2D eigenvalue weighted by Gasteiger charge is 1.97. The topological polar surface area (TPSA) is 51.7 Å². The van der Waals surface area contributed by atoms with Gasteiger partial charge in [-0.1, -0.05) is 0 Å². The van der Waals surface area contributed by atoms with Crippen LogP contribution in [-0.4, -0.2) is 21.5 Å². The van der Waals surface area contributed by atoms with E-state index in [4.69, 9.17) is 28.3 Å². The zero-order valence-electron chi connectivity index (χ0n) is 5.91. The molecule has 0 amide bonds. The minimum absolute atomic E-state index is 0. The Labute approximate surface area is 66.1 Å². The van der Waals surface area contributed by atoms with Crippen molar-refractivity contribution in [2.75, 3.05) is 5.34 Å². The van der Waals surface area contributed by atoms with Crippen LogP contribution in [0.3, 0.4) is 0 Å². The van der Waals surface area contributed by atoms with Gasteiger partial charge in [0.05, 0.1) is 10.9 Å². The third-order valence-corrected chi connectivity index (χ3v) is 0. The molecule has 0 aromatic carbocycles. The van der Waals surface area contributed by atoms with E-state index in [-0.39, 0.29) is 10.8 Å². The zero-order valence-corrected chi connectivity index (χ0v) is 7.42.